The summed E-state index contributed by atoms with van der Waals surface area (Å²) in [6.07, 6.45) is 0. The van der Waals surface area contributed by atoms with Gasteiger partial charge in [0.05, 0.1) is 0 Å². The van der Waals surface area contributed by atoms with Gasteiger partial charge in [-0.15, -0.1) is 0 Å². The third-order valence-electron chi connectivity index (χ3n) is 3.23. The van der Waals surface area contributed by atoms with E-state index in [1.807, 2.05) is 61.6 Å². The van der Waals surface area contributed by atoms with E-state index in [-0.39, 0.29) is 0 Å². The van der Waals surface area contributed by atoms with Gasteiger partial charge in [0.25, 0.3) is 0 Å². The zero-order chi connectivity index (χ0) is 13.7. The standard InChI is InChI=1S/C16H20N2O/c1-13(12-17)18(2)14-8-10-16(11-9-14)19-15-6-4-3-5-7-15/h3-11,13H,12,17H2,1-2H3. The maximum Gasteiger partial charge on any atom is 0.127 e. The monoisotopic (exact) mass is 256 g/mol. The molecule has 0 aliphatic carbocycles. The first-order chi connectivity index (χ1) is 9.20. The Bertz CT molecular complexity index is 496. The smallest absolute Gasteiger partial charge is 0.127 e. The maximum absolute atomic E-state index is 5.76. The Hall–Kier alpha value is -2.00. The van der Waals surface area contributed by atoms with E-state index in [0.717, 1.165) is 17.2 Å². The van der Waals surface area contributed by atoms with Crippen LogP contribution in [0.1, 0.15) is 6.92 Å². The molecule has 2 aromatic rings. The van der Waals surface area contributed by atoms with Crippen molar-refractivity contribution in [3.8, 4) is 11.5 Å². The van der Waals surface area contributed by atoms with Gasteiger partial charge in [0.15, 0.2) is 0 Å². The van der Waals surface area contributed by atoms with Crippen molar-refractivity contribution in [3.63, 3.8) is 0 Å². The number of nitrogens with zero attached hydrogens (tertiary/aromatic N) is 1. The van der Waals surface area contributed by atoms with Crippen LogP contribution in [0.3, 0.4) is 0 Å². The van der Waals surface area contributed by atoms with Crippen molar-refractivity contribution in [2.24, 2.45) is 5.73 Å². The molecule has 2 aromatic carbocycles. The highest BCUT2D eigenvalue weighted by atomic mass is 16.5. The Kier molecular flexibility index (Phi) is 4.42. The molecular weight excluding hydrogens is 236 g/mol. The van der Waals surface area contributed by atoms with Crippen molar-refractivity contribution in [3.05, 3.63) is 54.6 Å². The van der Waals surface area contributed by atoms with Gasteiger partial charge in [0, 0.05) is 25.3 Å². The average molecular weight is 256 g/mol. The van der Waals surface area contributed by atoms with Crippen LogP contribution in [0.15, 0.2) is 54.6 Å². The van der Waals surface area contributed by atoms with E-state index in [1.54, 1.807) is 0 Å². The van der Waals surface area contributed by atoms with Crippen LogP contribution in [0.2, 0.25) is 0 Å². The van der Waals surface area contributed by atoms with Gasteiger partial charge in [-0.05, 0) is 43.3 Å². The van der Waals surface area contributed by atoms with E-state index in [4.69, 9.17) is 10.5 Å². The lowest BCUT2D eigenvalue weighted by Gasteiger charge is -2.25. The summed E-state index contributed by atoms with van der Waals surface area (Å²) in [5, 5.41) is 0. The first kappa shape index (κ1) is 13.4. The van der Waals surface area contributed by atoms with Gasteiger partial charge < -0.3 is 15.4 Å². The van der Waals surface area contributed by atoms with Gasteiger partial charge in [-0.1, -0.05) is 18.2 Å². The summed E-state index contributed by atoms with van der Waals surface area (Å²) in [5.74, 6) is 1.68. The van der Waals surface area contributed by atoms with Crippen molar-refractivity contribution >= 4 is 5.69 Å². The minimum absolute atomic E-state index is 0.320. The largest absolute Gasteiger partial charge is 0.457 e. The van der Waals surface area contributed by atoms with Crippen LogP contribution < -0.4 is 15.4 Å². The maximum atomic E-state index is 5.76. The van der Waals surface area contributed by atoms with Gasteiger partial charge >= 0.3 is 0 Å². The number of benzene rings is 2. The van der Waals surface area contributed by atoms with Crippen molar-refractivity contribution in [1.29, 1.82) is 0 Å². The lowest BCUT2D eigenvalue weighted by molar-refractivity contribution is 0.482. The first-order valence-electron chi connectivity index (χ1n) is 6.46. The summed E-state index contributed by atoms with van der Waals surface area (Å²) in [4.78, 5) is 2.16. The van der Waals surface area contributed by atoms with Crippen LogP contribution in [0.5, 0.6) is 11.5 Å². The summed E-state index contributed by atoms with van der Waals surface area (Å²) in [6.45, 7) is 2.74. The van der Waals surface area contributed by atoms with E-state index in [1.165, 1.54) is 0 Å². The molecule has 0 aliphatic heterocycles. The second kappa shape index (κ2) is 6.25. The van der Waals surface area contributed by atoms with Gasteiger partial charge in [0.2, 0.25) is 0 Å². The van der Waals surface area contributed by atoms with Gasteiger partial charge in [0.1, 0.15) is 11.5 Å². The lowest BCUT2D eigenvalue weighted by atomic mass is 10.2. The number of nitrogens with two attached hydrogens (primary N) is 1. The van der Waals surface area contributed by atoms with Crippen LogP contribution in [0, 0.1) is 0 Å². The quantitative estimate of drug-likeness (QED) is 0.892. The molecule has 3 nitrogen and oxygen atoms in total. The third-order valence-corrected chi connectivity index (χ3v) is 3.23. The minimum atomic E-state index is 0.320. The van der Waals surface area contributed by atoms with Crippen LogP contribution in [0.4, 0.5) is 5.69 Å². The predicted molar refractivity (Wildman–Crippen MR) is 79.9 cm³/mol. The summed E-state index contributed by atoms with van der Waals surface area (Å²) < 4.78 is 5.76. The van der Waals surface area contributed by atoms with E-state index >= 15 is 0 Å². The highest BCUT2D eigenvalue weighted by Gasteiger charge is 2.07. The summed E-state index contributed by atoms with van der Waals surface area (Å²) in [7, 11) is 2.05. The predicted octanol–water partition coefficient (Wildman–Crippen LogP) is 3.26. The molecule has 0 saturated carbocycles. The fraction of sp³-hybridized carbons (Fsp3) is 0.250. The van der Waals surface area contributed by atoms with E-state index in [9.17, 15) is 0 Å². The molecule has 0 aromatic heterocycles. The molecule has 3 heteroatoms. The number of likely N-dealkylation sites (N-methyl/N-ethyl adjacent to an activating group) is 1. The molecule has 0 aliphatic rings. The van der Waals surface area contributed by atoms with Crippen LogP contribution in [-0.2, 0) is 0 Å². The number of ether oxygens (including phenoxy) is 1. The molecular formula is C16H20N2O. The van der Waals surface area contributed by atoms with Crippen molar-refractivity contribution in [1.82, 2.24) is 0 Å². The van der Waals surface area contributed by atoms with Crippen molar-refractivity contribution in [2.75, 3.05) is 18.5 Å². The van der Waals surface area contributed by atoms with Gasteiger partial charge in [-0.3, -0.25) is 0 Å². The molecule has 0 amide bonds. The van der Waals surface area contributed by atoms with Crippen LogP contribution in [0.25, 0.3) is 0 Å². The average Bonchev–Trinajstić information content (AvgIpc) is 2.47. The number of rotatable bonds is 5. The molecule has 1 unspecified atom stereocenters. The topological polar surface area (TPSA) is 38.5 Å². The fourth-order valence-electron chi connectivity index (χ4n) is 1.79. The highest BCUT2D eigenvalue weighted by molar-refractivity contribution is 5.49. The SMILES string of the molecule is CC(CN)N(C)c1ccc(Oc2ccccc2)cc1. The summed E-state index contributed by atoms with van der Waals surface area (Å²) in [5.41, 5.74) is 6.81. The lowest BCUT2D eigenvalue weighted by Crippen LogP contribution is -2.35. The Balaban J connectivity index is 2.06. The van der Waals surface area contributed by atoms with Crippen LogP contribution in [-0.4, -0.2) is 19.6 Å². The third kappa shape index (κ3) is 3.48. The molecule has 1 atom stereocenters. The Morgan fingerprint density at radius 3 is 2.16 bits per heavy atom. The van der Waals surface area contributed by atoms with E-state index < -0.39 is 0 Å². The molecule has 0 radical (unpaired) electrons. The molecule has 100 valence electrons. The zero-order valence-corrected chi connectivity index (χ0v) is 11.4. The van der Waals surface area contributed by atoms with Crippen molar-refractivity contribution in [2.45, 2.75) is 13.0 Å². The molecule has 2 rings (SSSR count). The fourth-order valence-corrected chi connectivity index (χ4v) is 1.79. The normalized spacial score (nSPS) is 11.9. The number of hydrogen-bond acceptors (Lipinski definition) is 3. The van der Waals surface area contributed by atoms with Crippen molar-refractivity contribution < 1.29 is 4.74 Å². The second-order valence-corrected chi connectivity index (χ2v) is 4.60. The number of hydrogen-bond donors (Lipinski definition) is 1. The Labute approximate surface area is 114 Å². The molecule has 19 heavy (non-hydrogen) atoms. The molecule has 0 saturated heterocycles. The van der Waals surface area contributed by atoms with Gasteiger partial charge in [-0.2, -0.15) is 0 Å². The van der Waals surface area contributed by atoms with E-state index in [2.05, 4.69) is 11.8 Å². The van der Waals surface area contributed by atoms with Crippen LogP contribution >= 0.6 is 0 Å². The molecule has 0 bridgehead atoms. The zero-order valence-electron chi connectivity index (χ0n) is 11.4. The molecule has 0 spiro atoms. The molecule has 2 N–H and O–H groups in total. The van der Waals surface area contributed by atoms with E-state index in [0.29, 0.717) is 12.6 Å². The Morgan fingerprint density at radius 1 is 1.00 bits per heavy atom. The van der Waals surface area contributed by atoms with Gasteiger partial charge in [-0.25, -0.2) is 0 Å². The summed E-state index contributed by atoms with van der Waals surface area (Å²) in [6, 6.07) is 18.1. The first-order valence-corrected chi connectivity index (χ1v) is 6.46. The number of anilines is 1. The summed E-state index contributed by atoms with van der Waals surface area (Å²) >= 11 is 0. The molecule has 0 fully saturated rings. The minimum Gasteiger partial charge on any atom is -0.457 e. The molecule has 0 heterocycles. The second-order valence-electron chi connectivity index (χ2n) is 4.60. The highest BCUT2D eigenvalue weighted by Crippen LogP contribution is 2.24. The number of para-hydroxylation sites is 1. The Morgan fingerprint density at radius 2 is 1.58 bits per heavy atom.